The third-order valence-electron chi connectivity index (χ3n) is 4.24. The maximum Gasteiger partial charge on any atom is 0.328 e. The summed E-state index contributed by atoms with van der Waals surface area (Å²) in [4.78, 5) is 37.9. The largest absolute Gasteiger partial charge is 0.467 e. The molecule has 1 aromatic rings. The zero-order valence-electron chi connectivity index (χ0n) is 13.7. The zero-order valence-corrected chi connectivity index (χ0v) is 13.7. The Morgan fingerprint density at radius 2 is 1.83 bits per heavy atom. The molecule has 2 rings (SSSR count). The van der Waals surface area contributed by atoms with E-state index in [1.807, 2.05) is 19.1 Å². The molecule has 0 bridgehead atoms. The summed E-state index contributed by atoms with van der Waals surface area (Å²) >= 11 is 0. The Labute approximate surface area is 136 Å². The third-order valence-corrected chi connectivity index (χ3v) is 4.24. The fourth-order valence-corrected chi connectivity index (χ4v) is 2.86. The Balaban J connectivity index is 1.93. The van der Waals surface area contributed by atoms with E-state index in [0.29, 0.717) is 18.5 Å². The van der Waals surface area contributed by atoms with Gasteiger partial charge in [-0.3, -0.25) is 9.59 Å². The van der Waals surface area contributed by atoms with E-state index in [-0.39, 0.29) is 30.5 Å². The van der Waals surface area contributed by atoms with Gasteiger partial charge in [-0.1, -0.05) is 29.8 Å². The number of hydrogen-bond donors (Lipinski definition) is 0. The number of nitrogens with zero attached hydrogens (tertiary/aromatic N) is 1. The summed E-state index contributed by atoms with van der Waals surface area (Å²) in [5.74, 6) is -0.576. The van der Waals surface area contributed by atoms with Crippen molar-refractivity contribution in [3.8, 4) is 0 Å². The second kappa shape index (κ2) is 7.90. The van der Waals surface area contributed by atoms with Crippen molar-refractivity contribution < 1.29 is 19.1 Å². The van der Waals surface area contributed by atoms with Crippen LogP contribution in [0.3, 0.4) is 0 Å². The number of aryl methyl sites for hydroxylation is 1. The fraction of sp³-hybridized carbons (Fsp3) is 0.500. The maximum atomic E-state index is 12.4. The van der Waals surface area contributed by atoms with E-state index in [1.165, 1.54) is 7.11 Å². The lowest BCUT2D eigenvalue weighted by Crippen LogP contribution is -2.48. The van der Waals surface area contributed by atoms with Crippen LogP contribution in [0.25, 0.3) is 0 Å². The van der Waals surface area contributed by atoms with Gasteiger partial charge >= 0.3 is 5.97 Å². The minimum Gasteiger partial charge on any atom is -0.467 e. The zero-order chi connectivity index (χ0) is 16.8. The van der Waals surface area contributed by atoms with Crippen LogP contribution in [0.15, 0.2) is 24.3 Å². The van der Waals surface area contributed by atoms with Crippen molar-refractivity contribution in [3.05, 3.63) is 35.4 Å². The molecule has 1 heterocycles. The lowest BCUT2D eigenvalue weighted by atomic mass is 10.0. The molecule has 1 amide bonds. The highest BCUT2D eigenvalue weighted by molar-refractivity contribution is 5.98. The Morgan fingerprint density at radius 3 is 2.48 bits per heavy atom. The third kappa shape index (κ3) is 4.41. The highest BCUT2D eigenvalue weighted by Gasteiger charge is 2.32. The number of carbonyl (C=O) groups is 3. The molecule has 1 atom stereocenters. The molecule has 1 aromatic carbocycles. The standard InChI is InChI=1S/C18H23NO4/c1-13-6-8-14(9-7-13)16(20)10-11-17(21)19-12-4-3-5-15(19)18(22)23-2/h6-9,15H,3-5,10-12H2,1-2H3. The number of ether oxygens (including phenoxy) is 1. The first-order valence-corrected chi connectivity index (χ1v) is 8.00. The van der Waals surface area contributed by atoms with Crippen LogP contribution in [-0.4, -0.2) is 42.3 Å². The van der Waals surface area contributed by atoms with Gasteiger partial charge in [0.15, 0.2) is 5.78 Å². The average molecular weight is 317 g/mol. The number of likely N-dealkylation sites (tertiary alicyclic amines) is 1. The van der Waals surface area contributed by atoms with Gasteiger partial charge in [-0.05, 0) is 26.2 Å². The normalized spacial score (nSPS) is 17.7. The molecule has 0 N–H and O–H groups in total. The van der Waals surface area contributed by atoms with E-state index in [2.05, 4.69) is 0 Å². The molecule has 1 aliphatic heterocycles. The van der Waals surface area contributed by atoms with E-state index in [0.717, 1.165) is 18.4 Å². The summed E-state index contributed by atoms with van der Waals surface area (Å²) in [6.07, 6.45) is 2.70. The van der Waals surface area contributed by atoms with Crippen molar-refractivity contribution in [1.29, 1.82) is 0 Å². The predicted octanol–water partition coefficient (Wildman–Crippen LogP) is 2.51. The summed E-state index contributed by atoms with van der Waals surface area (Å²) in [5, 5.41) is 0. The molecule has 0 spiro atoms. The highest BCUT2D eigenvalue weighted by Crippen LogP contribution is 2.20. The highest BCUT2D eigenvalue weighted by atomic mass is 16.5. The van der Waals surface area contributed by atoms with Crippen molar-refractivity contribution >= 4 is 17.7 Å². The Bertz CT molecular complexity index is 579. The van der Waals surface area contributed by atoms with E-state index in [1.54, 1.807) is 17.0 Å². The van der Waals surface area contributed by atoms with Crippen LogP contribution in [0.4, 0.5) is 0 Å². The molecule has 0 saturated carbocycles. The molecule has 1 fully saturated rings. The van der Waals surface area contributed by atoms with Gasteiger partial charge in [0.2, 0.25) is 5.91 Å². The summed E-state index contributed by atoms with van der Waals surface area (Å²) in [6.45, 7) is 2.51. The van der Waals surface area contributed by atoms with Crippen molar-refractivity contribution in [2.75, 3.05) is 13.7 Å². The van der Waals surface area contributed by atoms with Gasteiger partial charge in [-0.2, -0.15) is 0 Å². The van der Waals surface area contributed by atoms with E-state index in [4.69, 9.17) is 4.74 Å². The number of piperidine rings is 1. The monoisotopic (exact) mass is 317 g/mol. The van der Waals surface area contributed by atoms with Gasteiger partial charge in [-0.15, -0.1) is 0 Å². The van der Waals surface area contributed by atoms with Gasteiger partial charge in [0.1, 0.15) is 6.04 Å². The minimum atomic E-state index is -0.504. The van der Waals surface area contributed by atoms with E-state index < -0.39 is 6.04 Å². The average Bonchev–Trinajstić information content (AvgIpc) is 2.59. The van der Waals surface area contributed by atoms with Crippen LogP contribution in [-0.2, 0) is 14.3 Å². The summed E-state index contributed by atoms with van der Waals surface area (Å²) < 4.78 is 4.78. The van der Waals surface area contributed by atoms with Gasteiger partial charge < -0.3 is 9.64 Å². The number of rotatable bonds is 5. The molecule has 5 nitrogen and oxygen atoms in total. The maximum absolute atomic E-state index is 12.4. The topological polar surface area (TPSA) is 63.7 Å². The van der Waals surface area contributed by atoms with E-state index >= 15 is 0 Å². The van der Waals surface area contributed by atoms with Gasteiger partial charge in [0.25, 0.3) is 0 Å². The van der Waals surface area contributed by atoms with Crippen molar-refractivity contribution in [3.63, 3.8) is 0 Å². The molecular formula is C18H23NO4. The first kappa shape index (κ1) is 17.2. The number of hydrogen-bond acceptors (Lipinski definition) is 4. The predicted molar refractivity (Wildman–Crippen MR) is 86.1 cm³/mol. The second-order valence-electron chi connectivity index (χ2n) is 5.91. The second-order valence-corrected chi connectivity index (χ2v) is 5.91. The number of benzene rings is 1. The minimum absolute atomic E-state index is 0.0509. The summed E-state index contributed by atoms with van der Waals surface area (Å²) in [6, 6.07) is 6.82. The molecular weight excluding hydrogens is 294 g/mol. The molecule has 23 heavy (non-hydrogen) atoms. The smallest absolute Gasteiger partial charge is 0.328 e. The van der Waals surface area contributed by atoms with Crippen LogP contribution < -0.4 is 0 Å². The Morgan fingerprint density at radius 1 is 1.13 bits per heavy atom. The number of ketones is 1. The van der Waals surface area contributed by atoms with Crippen LogP contribution in [0, 0.1) is 6.92 Å². The summed E-state index contributed by atoms with van der Waals surface area (Å²) in [5.41, 5.74) is 1.71. The van der Waals surface area contributed by atoms with Gasteiger partial charge in [0, 0.05) is 24.9 Å². The lowest BCUT2D eigenvalue weighted by molar-refractivity contribution is -0.154. The van der Waals surface area contributed by atoms with Crippen LogP contribution >= 0.6 is 0 Å². The number of carbonyl (C=O) groups excluding carboxylic acids is 3. The first-order chi connectivity index (χ1) is 11.0. The molecule has 0 aromatic heterocycles. The van der Waals surface area contributed by atoms with Crippen molar-refractivity contribution in [1.82, 2.24) is 4.90 Å². The number of esters is 1. The first-order valence-electron chi connectivity index (χ1n) is 8.00. The Hall–Kier alpha value is -2.17. The molecule has 1 aliphatic rings. The van der Waals surface area contributed by atoms with Crippen molar-refractivity contribution in [2.24, 2.45) is 0 Å². The molecule has 1 saturated heterocycles. The van der Waals surface area contributed by atoms with Crippen molar-refractivity contribution in [2.45, 2.75) is 45.1 Å². The van der Waals surface area contributed by atoms with Crippen LogP contribution in [0.1, 0.15) is 48.0 Å². The van der Waals surface area contributed by atoms with Crippen LogP contribution in [0.5, 0.6) is 0 Å². The van der Waals surface area contributed by atoms with Crippen LogP contribution in [0.2, 0.25) is 0 Å². The quantitative estimate of drug-likeness (QED) is 0.618. The SMILES string of the molecule is COC(=O)C1CCCCN1C(=O)CCC(=O)c1ccc(C)cc1. The molecule has 0 radical (unpaired) electrons. The van der Waals surface area contributed by atoms with Gasteiger partial charge in [0.05, 0.1) is 7.11 Å². The lowest BCUT2D eigenvalue weighted by Gasteiger charge is -2.33. The molecule has 0 aliphatic carbocycles. The summed E-state index contributed by atoms with van der Waals surface area (Å²) in [7, 11) is 1.33. The van der Waals surface area contributed by atoms with E-state index in [9.17, 15) is 14.4 Å². The van der Waals surface area contributed by atoms with Gasteiger partial charge in [-0.25, -0.2) is 4.79 Å². The number of Topliss-reactive ketones (excluding diaryl/α,β-unsaturated/α-hetero) is 1. The molecule has 5 heteroatoms. The molecule has 1 unspecified atom stereocenters. The number of amides is 1. The molecule has 124 valence electrons. The Kier molecular flexibility index (Phi) is 5.90. The number of methoxy groups -OCH3 is 1. The fourth-order valence-electron chi connectivity index (χ4n) is 2.86.